The third-order valence-corrected chi connectivity index (χ3v) is 6.99. The lowest BCUT2D eigenvalue weighted by atomic mass is 9.65. The van der Waals surface area contributed by atoms with Crippen molar-refractivity contribution in [3.05, 3.63) is 76.0 Å². The largest absolute Gasteiger partial charge is 0.488 e. The molecular weight excluding hydrogens is 426 g/mol. The zero-order valence-electron chi connectivity index (χ0n) is 17.7. The van der Waals surface area contributed by atoms with Crippen LogP contribution in [-0.4, -0.2) is 28.2 Å². The number of carboxylic acid groups (broad SMARTS) is 2. The average Bonchev–Trinajstić information content (AvgIpc) is 3.13. The van der Waals surface area contributed by atoms with Gasteiger partial charge in [-0.2, -0.15) is 0 Å². The number of benzene rings is 2. The molecule has 1 aliphatic rings. The highest BCUT2D eigenvalue weighted by Crippen LogP contribution is 2.42. The quantitative estimate of drug-likeness (QED) is 0.408. The van der Waals surface area contributed by atoms with Crippen LogP contribution in [0.15, 0.2) is 60.7 Å². The van der Waals surface area contributed by atoms with Crippen LogP contribution in [0, 0.1) is 12.3 Å². The standard InChI is InChI=1S/C25H25NO5S/c1-16-22(18-5-3-2-4-6-18)11-21(32-16)15-31-20-9-7-17(8-10-20)14-26-19-12-25(13-19,23(27)28)24(29)30/h2-11,19,26H,12-15H2,1H3,(H,27,28)(H,29,30). The van der Waals surface area contributed by atoms with Gasteiger partial charge in [-0.15, -0.1) is 11.3 Å². The molecule has 0 saturated heterocycles. The molecule has 1 heterocycles. The van der Waals surface area contributed by atoms with E-state index in [0.29, 0.717) is 13.2 Å². The van der Waals surface area contributed by atoms with Gasteiger partial charge >= 0.3 is 11.9 Å². The Kier molecular flexibility index (Phi) is 6.30. The predicted molar refractivity (Wildman–Crippen MR) is 123 cm³/mol. The summed E-state index contributed by atoms with van der Waals surface area (Å²) in [6, 6.07) is 20.1. The molecule has 166 valence electrons. The summed E-state index contributed by atoms with van der Waals surface area (Å²) in [6.45, 7) is 3.17. The Morgan fingerprint density at radius 2 is 1.72 bits per heavy atom. The van der Waals surface area contributed by atoms with E-state index in [1.54, 1.807) is 11.3 Å². The van der Waals surface area contributed by atoms with Gasteiger partial charge in [-0.3, -0.25) is 9.59 Å². The van der Waals surface area contributed by atoms with Crippen molar-refractivity contribution in [1.29, 1.82) is 0 Å². The van der Waals surface area contributed by atoms with Gasteiger partial charge in [-0.05, 0) is 54.7 Å². The number of thiophene rings is 1. The van der Waals surface area contributed by atoms with Crippen molar-refractivity contribution in [3.8, 4) is 16.9 Å². The molecule has 1 saturated carbocycles. The van der Waals surface area contributed by atoms with Gasteiger partial charge in [0.1, 0.15) is 12.4 Å². The summed E-state index contributed by atoms with van der Waals surface area (Å²) in [5, 5.41) is 21.6. The first-order valence-corrected chi connectivity index (χ1v) is 11.3. The van der Waals surface area contributed by atoms with Crippen LogP contribution >= 0.6 is 11.3 Å². The predicted octanol–water partition coefficient (Wildman–Crippen LogP) is 4.71. The zero-order chi connectivity index (χ0) is 22.7. The fourth-order valence-electron chi connectivity index (χ4n) is 4.01. The van der Waals surface area contributed by atoms with Crippen LogP contribution in [0.2, 0.25) is 0 Å². The lowest BCUT2D eigenvalue weighted by molar-refractivity contribution is -0.173. The molecule has 1 aromatic heterocycles. The highest BCUT2D eigenvalue weighted by molar-refractivity contribution is 7.12. The van der Waals surface area contributed by atoms with Crippen molar-refractivity contribution in [2.45, 2.75) is 39.0 Å². The Balaban J connectivity index is 1.27. The van der Waals surface area contributed by atoms with E-state index in [1.807, 2.05) is 42.5 Å². The minimum absolute atomic E-state index is 0.101. The minimum atomic E-state index is -1.64. The maximum atomic E-state index is 11.2. The van der Waals surface area contributed by atoms with Crippen LogP contribution in [0.5, 0.6) is 5.75 Å². The first-order valence-electron chi connectivity index (χ1n) is 10.4. The van der Waals surface area contributed by atoms with E-state index in [-0.39, 0.29) is 18.9 Å². The van der Waals surface area contributed by atoms with Gasteiger partial charge in [0.2, 0.25) is 0 Å². The number of hydrogen-bond acceptors (Lipinski definition) is 5. The lowest BCUT2D eigenvalue weighted by Gasteiger charge is -2.41. The summed E-state index contributed by atoms with van der Waals surface area (Å²) >= 11 is 1.74. The molecule has 0 unspecified atom stereocenters. The van der Waals surface area contributed by atoms with E-state index in [1.165, 1.54) is 16.0 Å². The van der Waals surface area contributed by atoms with Crippen molar-refractivity contribution in [2.24, 2.45) is 5.41 Å². The molecule has 0 bridgehead atoms. The van der Waals surface area contributed by atoms with E-state index in [4.69, 9.17) is 4.74 Å². The van der Waals surface area contributed by atoms with Crippen molar-refractivity contribution in [2.75, 3.05) is 0 Å². The van der Waals surface area contributed by atoms with Crippen molar-refractivity contribution >= 4 is 23.3 Å². The average molecular weight is 452 g/mol. The second-order valence-electron chi connectivity index (χ2n) is 8.16. The van der Waals surface area contributed by atoms with E-state index in [0.717, 1.165) is 16.2 Å². The minimum Gasteiger partial charge on any atom is -0.488 e. The Labute approximate surface area is 190 Å². The van der Waals surface area contributed by atoms with Crippen molar-refractivity contribution < 1.29 is 24.5 Å². The van der Waals surface area contributed by atoms with Crippen LogP contribution in [0.4, 0.5) is 0 Å². The number of ether oxygens (including phenoxy) is 1. The molecule has 2 aromatic carbocycles. The molecule has 0 amide bonds. The second kappa shape index (κ2) is 9.14. The molecule has 0 spiro atoms. The monoisotopic (exact) mass is 451 g/mol. The summed E-state index contributed by atoms with van der Waals surface area (Å²) in [7, 11) is 0. The first-order chi connectivity index (χ1) is 15.4. The maximum absolute atomic E-state index is 11.2. The van der Waals surface area contributed by atoms with Gasteiger partial charge in [0.25, 0.3) is 0 Å². The number of aryl methyl sites for hydroxylation is 1. The molecule has 1 fully saturated rings. The van der Waals surface area contributed by atoms with Gasteiger partial charge in [0, 0.05) is 22.3 Å². The molecule has 32 heavy (non-hydrogen) atoms. The highest BCUT2D eigenvalue weighted by atomic mass is 32.1. The third-order valence-electron chi connectivity index (χ3n) is 5.96. The molecule has 4 rings (SSSR count). The molecule has 0 radical (unpaired) electrons. The van der Waals surface area contributed by atoms with Crippen molar-refractivity contribution in [3.63, 3.8) is 0 Å². The molecule has 6 nitrogen and oxygen atoms in total. The molecule has 0 aliphatic heterocycles. The number of rotatable bonds is 9. The van der Waals surface area contributed by atoms with Crippen LogP contribution in [0.1, 0.15) is 28.2 Å². The smallest absolute Gasteiger partial charge is 0.321 e. The van der Waals surface area contributed by atoms with Gasteiger partial charge in [-0.25, -0.2) is 0 Å². The SMILES string of the molecule is Cc1sc(COc2ccc(CNC3CC(C(=O)O)(C(=O)O)C3)cc2)cc1-c1ccccc1. The fraction of sp³-hybridized carbons (Fsp3) is 0.280. The molecule has 0 atom stereocenters. The van der Waals surface area contributed by atoms with Gasteiger partial charge in [0.15, 0.2) is 5.41 Å². The van der Waals surface area contributed by atoms with Crippen molar-refractivity contribution in [1.82, 2.24) is 5.32 Å². The Bertz CT molecular complexity index is 1090. The molecule has 3 aromatic rings. The topological polar surface area (TPSA) is 95.9 Å². The maximum Gasteiger partial charge on any atom is 0.321 e. The zero-order valence-corrected chi connectivity index (χ0v) is 18.5. The third kappa shape index (κ3) is 4.54. The molecular formula is C25H25NO5S. The fourth-order valence-corrected chi connectivity index (χ4v) is 4.98. The summed E-state index contributed by atoms with van der Waals surface area (Å²) < 4.78 is 5.95. The van der Waals surface area contributed by atoms with Crippen LogP contribution in [0.25, 0.3) is 11.1 Å². The lowest BCUT2D eigenvalue weighted by Crippen LogP contribution is -2.56. The normalized spacial score (nSPS) is 15.2. The number of nitrogens with one attached hydrogen (secondary N) is 1. The Hall–Kier alpha value is -3.16. The molecule has 3 N–H and O–H groups in total. The number of carbonyl (C=O) groups is 2. The number of aliphatic carboxylic acids is 2. The Morgan fingerprint density at radius 3 is 2.34 bits per heavy atom. The highest BCUT2D eigenvalue weighted by Gasteiger charge is 2.56. The molecule has 7 heteroatoms. The van der Waals surface area contributed by atoms with E-state index < -0.39 is 17.4 Å². The van der Waals surface area contributed by atoms with Crippen LogP contribution in [0.3, 0.4) is 0 Å². The van der Waals surface area contributed by atoms with Crippen LogP contribution < -0.4 is 10.1 Å². The van der Waals surface area contributed by atoms with E-state index >= 15 is 0 Å². The van der Waals surface area contributed by atoms with E-state index in [9.17, 15) is 19.8 Å². The van der Waals surface area contributed by atoms with Gasteiger partial charge < -0.3 is 20.3 Å². The van der Waals surface area contributed by atoms with E-state index in [2.05, 4.69) is 30.4 Å². The number of hydrogen-bond donors (Lipinski definition) is 3. The number of carboxylic acids is 2. The summed E-state index contributed by atoms with van der Waals surface area (Å²) in [5.41, 5.74) is 1.83. The summed E-state index contributed by atoms with van der Waals surface area (Å²) in [6.07, 6.45) is 0.203. The second-order valence-corrected chi connectivity index (χ2v) is 9.50. The first kappa shape index (κ1) is 22.0. The Morgan fingerprint density at radius 1 is 1.06 bits per heavy atom. The summed E-state index contributed by atoms with van der Waals surface area (Å²) in [4.78, 5) is 24.9. The summed E-state index contributed by atoms with van der Waals surface area (Å²) in [5.74, 6) is -1.75. The van der Waals surface area contributed by atoms with Gasteiger partial charge in [0.05, 0.1) is 0 Å². The van der Waals surface area contributed by atoms with Crippen LogP contribution in [-0.2, 0) is 22.7 Å². The van der Waals surface area contributed by atoms with Gasteiger partial charge in [-0.1, -0.05) is 42.5 Å². The molecule has 1 aliphatic carbocycles.